The van der Waals surface area contributed by atoms with E-state index in [1.807, 2.05) is 20.8 Å². The second kappa shape index (κ2) is 7.94. The summed E-state index contributed by atoms with van der Waals surface area (Å²) in [6, 6.07) is 0. The maximum atomic E-state index is 12.5. The fraction of sp³-hybridized carbons (Fsp3) is 0.810. The molecule has 0 aromatic carbocycles. The van der Waals surface area contributed by atoms with Crippen LogP contribution >= 0.6 is 0 Å². The summed E-state index contributed by atoms with van der Waals surface area (Å²) in [7, 11) is 0. The Morgan fingerprint density at radius 1 is 1.17 bits per heavy atom. The predicted octanol–water partition coefficient (Wildman–Crippen LogP) is 3.06. The minimum Gasteiger partial charge on any atom is -0.444 e. The molecule has 3 heterocycles. The molecule has 3 fully saturated rings. The first-order valence-corrected chi connectivity index (χ1v) is 10.4. The van der Waals surface area contributed by atoms with Crippen LogP contribution in [0.15, 0.2) is 10.2 Å². The van der Waals surface area contributed by atoms with Crippen molar-refractivity contribution in [3.8, 4) is 12.3 Å². The van der Waals surface area contributed by atoms with E-state index in [1.165, 1.54) is 0 Å². The number of alkyl carbamates (subject to hydrolysis) is 1. The predicted molar refractivity (Wildman–Crippen MR) is 107 cm³/mol. The Morgan fingerprint density at radius 3 is 2.38 bits per heavy atom. The zero-order valence-electron chi connectivity index (χ0n) is 17.7. The summed E-state index contributed by atoms with van der Waals surface area (Å²) in [5.41, 5.74) is -1.63. The van der Waals surface area contributed by atoms with Crippen molar-refractivity contribution in [2.45, 2.75) is 94.5 Å². The second-order valence-corrected chi connectivity index (χ2v) is 9.54. The van der Waals surface area contributed by atoms with Crippen LogP contribution < -0.4 is 10.6 Å². The molecule has 0 spiro atoms. The molecule has 2 N–H and O–H groups in total. The normalized spacial score (nSPS) is 29.0. The average Bonchev–Trinajstić information content (AvgIpc) is 3.44. The lowest BCUT2D eigenvalue weighted by atomic mass is 9.71. The Labute approximate surface area is 172 Å². The quantitative estimate of drug-likeness (QED) is 0.607. The van der Waals surface area contributed by atoms with E-state index in [4.69, 9.17) is 15.9 Å². The monoisotopic (exact) mass is 404 g/mol. The van der Waals surface area contributed by atoms with Gasteiger partial charge in [0.1, 0.15) is 5.60 Å². The van der Waals surface area contributed by atoms with Crippen molar-refractivity contribution in [1.29, 1.82) is 0 Å². The first kappa shape index (κ1) is 21.6. The van der Waals surface area contributed by atoms with Gasteiger partial charge in [0.25, 0.3) is 0 Å². The van der Waals surface area contributed by atoms with Crippen LogP contribution in [0.2, 0.25) is 0 Å². The Balaban J connectivity index is 1.42. The van der Waals surface area contributed by atoms with E-state index in [0.29, 0.717) is 38.8 Å². The van der Waals surface area contributed by atoms with Crippen molar-refractivity contribution in [2.75, 3.05) is 13.2 Å². The second-order valence-electron chi connectivity index (χ2n) is 9.54. The zero-order valence-corrected chi connectivity index (χ0v) is 17.7. The molecule has 2 bridgehead atoms. The summed E-state index contributed by atoms with van der Waals surface area (Å²) >= 11 is 0. The van der Waals surface area contributed by atoms with Crippen LogP contribution in [0.5, 0.6) is 0 Å². The first-order chi connectivity index (χ1) is 13.6. The van der Waals surface area contributed by atoms with Gasteiger partial charge in [0.05, 0.1) is 17.7 Å². The molecule has 1 saturated carbocycles. The Hall–Kier alpha value is -2.14. The first-order valence-electron chi connectivity index (χ1n) is 10.4. The molecule has 4 aliphatic rings. The van der Waals surface area contributed by atoms with Gasteiger partial charge in [0, 0.05) is 32.2 Å². The van der Waals surface area contributed by atoms with E-state index in [2.05, 4.69) is 26.8 Å². The van der Waals surface area contributed by atoms with Gasteiger partial charge < -0.3 is 20.1 Å². The molecule has 1 aliphatic carbocycles. The fourth-order valence-electron chi connectivity index (χ4n) is 4.04. The lowest BCUT2D eigenvalue weighted by molar-refractivity contribution is -0.164. The van der Waals surface area contributed by atoms with Gasteiger partial charge in [-0.05, 0) is 46.5 Å². The number of terminal acetylenes is 1. The molecule has 2 amide bonds. The van der Waals surface area contributed by atoms with Crippen LogP contribution in [-0.4, -0.2) is 47.6 Å². The number of hydrogen-bond donors (Lipinski definition) is 2. The third kappa shape index (κ3) is 5.69. The summed E-state index contributed by atoms with van der Waals surface area (Å²) in [5.74, 6) is 2.60. The summed E-state index contributed by atoms with van der Waals surface area (Å²) in [6.45, 7) is 6.39. The van der Waals surface area contributed by atoms with Crippen LogP contribution in [0.3, 0.4) is 0 Å². The summed E-state index contributed by atoms with van der Waals surface area (Å²) in [6.07, 6.45) is 10.4. The Bertz CT molecular complexity index is 689. The van der Waals surface area contributed by atoms with Gasteiger partial charge in [-0.15, -0.1) is 12.3 Å². The van der Waals surface area contributed by atoms with E-state index in [9.17, 15) is 9.59 Å². The van der Waals surface area contributed by atoms with E-state index in [-0.39, 0.29) is 17.0 Å². The average molecular weight is 405 g/mol. The number of rotatable bonds is 8. The van der Waals surface area contributed by atoms with Crippen LogP contribution in [-0.2, 0) is 14.3 Å². The number of fused-ring (bicyclic) bond motifs is 3. The van der Waals surface area contributed by atoms with Gasteiger partial charge in [-0.25, -0.2) is 4.79 Å². The molecular weight excluding hydrogens is 372 g/mol. The minimum atomic E-state index is -0.526. The summed E-state index contributed by atoms with van der Waals surface area (Å²) in [4.78, 5) is 24.4. The van der Waals surface area contributed by atoms with Crippen molar-refractivity contribution in [3.05, 3.63) is 0 Å². The van der Waals surface area contributed by atoms with Crippen LogP contribution in [0.25, 0.3) is 0 Å². The van der Waals surface area contributed by atoms with Crippen LogP contribution in [0.1, 0.15) is 72.1 Å². The molecule has 3 aliphatic heterocycles. The number of hydrogen-bond acceptors (Lipinski definition) is 6. The van der Waals surface area contributed by atoms with Crippen molar-refractivity contribution >= 4 is 12.0 Å². The van der Waals surface area contributed by atoms with Gasteiger partial charge in [-0.3, -0.25) is 4.79 Å². The maximum Gasteiger partial charge on any atom is 0.407 e. The Morgan fingerprint density at radius 2 is 1.86 bits per heavy atom. The highest BCUT2D eigenvalue weighted by molar-refractivity contribution is 5.77. The van der Waals surface area contributed by atoms with Crippen molar-refractivity contribution in [2.24, 2.45) is 10.2 Å². The molecule has 0 unspecified atom stereocenters. The number of amides is 2. The lowest BCUT2D eigenvalue weighted by Gasteiger charge is -2.53. The topological polar surface area (TPSA) is 101 Å². The smallest absolute Gasteiger partial charge is 0.407 e. The molecule has 29 heavy (non-hydrogen) atoms. The summed E-state index contributed by atoms with van der Waals surface area (Å²) < 4.78 is 11.4. The molecule has 160 valence electrons. The molecule has 0 atom stereocenters. The highest BCUT2D eigenvalue weighted by Crippen LogP contribution is 2.43. The number of carbonyl (C=O) groups excluding carboxylic acids is 2. The van der Waals surface area contributed by atoms with E-state index in [0.717, 1.165) is 25.7 Å². The molecular formula is C21H32N4O4. The molecule has 8 nitrogen and oxygen atoms in total. The SMILES string of the molecule is C#CCCC1(CCC(=O)NC23CCC(CNC(=O)OC(C)(C)C)(CC2)OC3)N=N1. The van der Waals surface area contributed by atoms with Crippen LogP contribution in [0, 0.1) is 12.3 Å². The van der Waals surface area contributed by atoms with E-state index in [1.54, 1.807) is 0 Å². The highest BCUT2D eigenvalue weighted by Gasteiger charge is 2.51. The fourth-order valence-corrected chi connectivity index (χ4v) is 4.04. The number of ether oxygens (including phenoxy) is 2. The zero-order chi connectivity index (χ0) is 21.2. The van der Waals surface area contributed by atoms with Crippen molar-refractivity contribution < 1.29 is 19.1 Å². The Kier molecular flexibility index (Phi) is 5.91. The maximum absolute atomic E-state index is 12.5. The molecule has 2 saturated heterocycles. The lowest BCUT2D eigenvalue weighted by Crippen LogP contribution is -2.65. The van der Waals surface area contributed by atoms with Crippen molar-refractivity contribution in [3.63, 3.8) is 0 Å². The third-order valence-electron chi connectivity index (χ3n) is 5.94. The molecule has 8 heteroatoms. The summed E-state index contributed by atoms with van der Waals surface area (Å²) in [5, 5.41) is 14.2. The minimum absolute atomic E-state index is 0.00672. The number of nitrogens with one attached hydrogen (secondary N) is 2. The van der Waals surface area contributed by atoms with Gasteiger partial charge in [0.15, 0.2) is 5.66 Å². The van der Waals surface area contributed by atoms with Gasteiger partial charge in [-0.1, -0.05) is 0 Å². The van der Waals surface area contributed by atoms with Gasteiger partial charge in [-0.2, -0.15) is 10.2 Å². The van der Waals surface area contributed by atoms with E-state index >= 15 is 0 Å². The molecule has 0 radical (unpaired) electrons. The van der Waals surface area contributed by atoms with Crippen molar-refractivity contribution in [1.82, 2.24) is 10.6 Å². The van der Waals surface area contributed by atoms with E-state index < -0.39 is 17.4 Å². The highest BCUT2D eigenvalue weighted by atomic mass is 16.6. The largest absolute Gasteiger partial charge is 0.444 e. The number of carbonyl (C=O) groups is 2. The molecule has 0 aromatic rings. The molecule has 4 rings (SSSR count). The third-order valence-corrected chi connectivity index (χ3v) is 5.94. The van der Waals surface area contributed by atoms with Gasteiger partial charge >= 0.3 is 6.09 Å². The standard InChI is InChI=1S/C21H32N4O4/c1-5-6-8-21(24-25-21)9-7-16(26)23-19-10-12-20(13-11-19,28-15-19)14-22-17(27)29-18(2,3)4/h1H,6-15H2,2-4H3,(H,22,27)(H,23,26). The van der Waals surface area contributed by atoms with Gasteiger partial charge in [0.2, 0.25) is 5.91 Å². The number of nitrogens with zero attached hydrogens (tertiary/aromatic N) is 2. The molecule has 0 aromatic heterocycles. The van der Waals surface area contributed by atoms with Crippen LogP contribution in [0.4, 0.5) is 4.79 Å².